The molecule has 0 bridgehead atoms. The van der Waals surface area contributed by atoms with Gasteiger partial charge in [-0.25, -0.2) is 10.1 Å². The molecule has 104 valence electrons. The summed E-state index contributed by atoms with van der Waals surface area (Å²) >= 11 is 0. The molecule has 0 spiro atoms. The molecular weight excluding hydrogens is 248 g/mol. The molecule has 7 nitrogen and oxygen atoms in total. The Bertz CT molecular complexity index is 418. The number of nitrogens with zero attached hydrogens (tertiary/aromatic N) is 4. The molecule has 0 aromatic heterocycles. The Kier molecular flexibility index (Phi) is 4.22. The van der Waals surface area contributed by atoms with Crippen LogP contribution in [0.25, 0.3) is 0 Å². The van der Waals surface area contributed by atoms with Crippen molar-refractivity contribution in [1.29, 1.82) is 0 Å². The second-order valence-electron chi connectivity index (χ2n) is 4.98. The van der Waals surface area contributed by atoms with Crippen molar-refractivity contribution in [2.24, 2.45) is 16.9 Å². The fourth-order valence-corrected chi connectivity index (χ4v) is 2.50. The molecule has 2 aliphatic heterocycles. The van der Waals surface area contributed by atoms with Gasteiger partial charge in [0, 0.05) is 32.2 Å². The van der Waals surface area contributed by atoms with E-state index in [2.05, 4.69) is 17.9 Å². The zero-order valence-corrected chi connectivity index (χ0v) is 11.0. The fraction of sp³-hybridized carbons (Fsp3) is 0.750. The lowest BCUT2D eigenvalue weighted by Gasteiger charge is -2.23. The number of hydrogen-bond donors (Lipinski definition) is 0. The zero-order valence-electron chi connectivity index (χ0n) is 11.0. The molecule has 0 radical (unpaired) electrons. The highest BCUT2D eigenvalue weighted by molar-refractivity contribution is 5.81. The Morgan fingerprint density at radius 3 is 2.84 bits per heavy atom. The van der Waals surface area contributed by atoms with E-state index < -0.39 is 5.03 Å². The lowest BCUT2D eigenvalue weighted by atomic mass is 9.98. The van der Waals surface area contributed by atoms with Crippen LogP contribution in [-0.4, -0.2) is 60.2 Å². The number of hydrazone groups is 1. The van der Waals surface area contributed by atoms with E-state index in [4.69, 9.17) is 11.2 Å². The summed E-state index contributed by atoms with van der Waals surface area (Å²) in [5.41, 5.74) is 0. The van der Waals surface area contributed by atoms with Crippen molar-refractivity contribution in [2.75, 3.05) is 39.4 Å². The van der Waals surface area contributed by atoms with Crippen LogP contribution in [0.2, 0.25) is 0 Å². The normalized spacial score (nSPS) is 28.9. The van der Waals surface area contributed by atoms with Crippen LogP contribution in [0.1, 0.15) is 6.92 Å². The standard InChI is InChI=1S/C12H18N4O3/c1-3-4-14-5-6-15(12(14)13-16(17)18)7-11-9-19-8-10(11)2/h1,10-11H,4-9H2,2H3. The first-order chi connectivity index (χ1) is 9.11. The molecule has 0 amide bonds. The van der Waals surface area contributed by atoms with Crippen molar-refractivity contribution in [1.82, 2.24) is 9.80 Å². The second kappa shape index (κ2) is 5.89. The van der Waals surface area contributed by atoms with Crippen molar-refractivity contribution >= 4 is 5.96 Å². The minimum Gasteiger partial charge on any atom is -0.381 e. The third-order valence-electron chi connectivity index (χ3n) is 3.63. The molecule has 0 N–H and O–H groups in total. The van der Waals surface area contributed by atoms with Gasteiger partial charge in [0.25, 0.3) is 5.96 Å². The van der Waals surface area contributed by atoms with E-state index in [0.717, 1.165) is 19.7 Å². The maximum absolute atomic E-state index is 10.6. The van der Waals surface area contributed by atoms with Gasteiger partial charge in [-0.05, 0) is 5.92 Å². The van der Waals surface area contributed by atoms with E-state index in [0.29, 0.717) is 37.5 Å². The monoisotopic (exact) mass is 266 g/mol. The molecule has 2 heterocycles. The third kappa shape index (κ3) is 3.15. The minimum atomic E-state index is -0.661. The molecule has 2 saturated heterocycles. The summed E-state index contributed by atoms with van der Waals surface area (Å²) < 4.78 is 5.42. The van der Waals surface area contributed by atoms with Gasteiger partial charge in [0.1, 0.15) is 5.10 Å². The highest BCUT2D eigenvalue weighted by Gasteiger charge is 2.33. The Balaban J connectivity index is 2.07. The molecule has 2 aliphatic rings. The van der Waals surface area contributed by atoms with Crippen LogP contribution in [0.15, 0.2) is 5.10 Å². The first-order valence-electron chi connectivity index (χ1n) is 6.36. The molecule has 2 unspecified atom stereocenters. The van der Waals surface area contributed by atoms with E-state index >= 15 is 0 Å². The number of rotatable bonds is 4. The lowest BCUT2D eigenvalue weighted by Crippen LogP contribution is -2.38. The van der Waals surface area contributed by atoms with Crippen molar-refractivity contribution in [3.05, 3.63) is 10.1 Å². The van der Waals surface area contributed by atoms with Crippen LogP contribution in [-0.2, 0) is 4.74 Å². The molecule has 7 heteroatoms. The predicted molar refractivity (Wildman–Crippen MR) is 69.9 cm³/mol. The smallest absolute Gasteiger partial charge is 0.274 e. The average molecular weight is 266 g/mol. The number of hydrogen-bond acceptors (Lipinski definition) is 3. The Hall–Kier alpha value is -1.81. The van der Waals surface area contributed by atoms with Gasteiger partial charge in [-0.15, -0.1) is 6.42 Å². The van der Waals surface area contributed by atoms with E-state index in [-0.39, 0.29) is 0 Å². The van der Waals surface area contributed by atoms with Crippen molar-refractivity contribution in [2.45, 2.75) is 6.92 Å². The summed E-state index contributed by atoms with van der Waals surface area (Å²) in [6.45, 7) is 6.08. The first kappa shape index (κ1) is 13.6. The molecule has 2 fully saturated rings. The van der Waals surface area contributed by atoms with Gasteiger partial charge in [0.2, 0.25) is 0 Å². The van der Waals surface area contributed by atoms with Crippen LogP contribution in [0.3, 0.4) is 0 Å². The van der Waals surface area contributed by atoms with Gasteiger partial charge in [-0.2, -0.15) is 0 Å². The van der Waals surface area contributed by atoms with E-state index in [9.17, 15) is 10.1 Å². The van der Waals surface area contributed by atoms with Crippen LogP contribution in [0.5, 0.6) is 0 Å². The average Bonchev–Trinajstić information content (AvgIpc) is 2.90. The quantitative estimate of drug-likeness (QED) is 0.409. The van der Waals surface area contributed by atoms with E-state index in [1.54, 1.807) is 4.90 Å². The van der Waals surface area contributed by atoms with Crippen molar-refractivity contribution in [3.63, 3.8) is 0 Å². The highest BCUT2D eigenvalue weighted by Crippen LogP contribution is 2.22. The van der Waals surface area contributed by atoms with E-state index in [1.807, 2.05) is 4.90 Å². The topological polar surface area (TPSA) is 71.2 Å². The van der Waals surface area contributed by atoms with Crippen molar-refractivity contribution in [3.8, 4) is 12.3 Å². The number of nitro groups is 1. The van der Waals surface area contributed by atoms with Crippen LogP contribution in [0.4, 0.5) is 0 Å². The number of guanidine groups is 1. The van der Waals surface area contributed by atoms with Crippen LogP contribution < -0.4 is 0 Å². The summed E-state index contributed by atoms with van der Waals surface area (Å²) in [6.07, 6.45) is 5.28. The molecule has 0 aromatic carbocycles. The molecule has 0 aliphatic carbocycles. The summed E-state index contributed by atoms with van der Waals surface area (Å²) in [6, 6.07) is 0. The van der Waals surface area contributed by atoms with Gasteiger partial charge in [-0.3, -0.25) is 0 Å². The van der Waals surface area contributed by atoms with Gasteiger partial charge in [-0.1, -0.05) is 12.8 Å². The van der Waals surface area contributed by atoms with Crippen LogP contribution >= 0.6 is 0 Å². The lowest BCUT2D eigenvalue weighted by molar-refractivity contribution is -0.486. The molecule has 0 saturated carbocycles. The fourth-order valence-electron chi connectivity index (χ4n) is 2.50. The summed E-state index contributed by atoms with van der Waals surface area (Å²) in [4.78, 5) is 14.3. The zero-order chi connectivity index (χ0) is 13.8. The SMILES string of the molecule is C#CCN1CCN(CC2COCC2C)C1=N[N+](=O)[O-]. The molecule has 19 heavy (non-hydrogen) atoms. The number of terminal acetylenes is 1. The van der Waals surface area contributed by atoms with Crippen molar-refractivity contribution < 1.29 is 9.77 Å². The summed E-state index contributed by atoms with van der Waals surface area (Å²) in [5.74, 6) is 3.75. The Morgan fingerprint density at radius 1 is 1.53 bits per heavy atom. The number of ether oxygens (including phenoxy) is 1. The summed E-state index contributed by atoms with van der Waals surface area (Å²) in [5, 5.41) is 13.5. The van der Waals surface area contributed by atoms with Crippen LogP contribution in [0, 0.1) is 34.3 Å². The Labute approximate surface area is 112 Å². The largest absolute Gasteiger partial charge is 0.381 e. The second-order valence-corrected chi connectivity index (χ2v) is 4.98. The molecule has 0 aromatic rings. The van der Waals surface area contributed by atoms with E-state index in [1.165, 1.54) is 0 Å². The van der Waals surface area contributed by atoms with Gasteiger partial charge in [0.05, 0.1) is 13.2 Å². The minimum absolute atomic E-state index is 0.347. The highest BCUT2D eigenvalue weighted by atomic mass is 16.7. The summed E-state index contributed by atoms with van der Waals surface area (Å²) in [7, 11) is 0. The Morgan fingerprint density at radius 2 is 2.26 bits per heavy atom. The predicted octanol–water partition coefficient (Wildman–Crippen LogP) is 0.0674. The first-order valence-corrected chi connectivity index (χ1v) is 6.36. The van der Waals surface area contributed by atoms with Gasteiger partial charge < -0.3 is 14.5 Å². The van der Waals surface area contributed by atoms with Gasteiger partial charge >= 0.3 is 0 Å². The maximum atomic E-state index is 10.6. The molecular formula is C12H18N4O3. The molecule has 2 rings (SSSR count). The third-order valence-corrected chi connectivity index (χ3v) is 3.63. The maximum Gasteiger partial charge on any atom is 0.274 e. The molecule has 2 atom stereocenters. The van der Waals surface area contributed by atoms with Gasteiger partial charge in [0.15, 0.2) is 5.03 Å².